The van der Waals surface area contributed by atoms with Gasteiger partial charge in [-0.1, -0.05) is 0 Å². The van der Waals surface area contributed by atoms with Crippen molar-refractivity contribution in [1.82, 2.24) is 4.98 Å². The average molecular weight is 279 g/mol. The van der Waals surface area contributed by atoms with E-state index >= 15 is 0 Å². The van der Waals surface area contributed by atoms with Crippen molar-refractivity contribution < 1.29 is 47.2 Å². The van der Waals surface area contributed by atoms with Gasteiger partial charge in [0.1, 0.15) is 0 Å². The fraction of sp³-hybridized carbons (Fsp3) is 0. The summed E-state index contributed by atoms with van der Waals surface area (Å²) in [4.78, 5) is 23.8. The molecule has 0 unspecified atom stereocenters. The van der Waals surface area contributed by atoms with Crippen molar-refractivity contribution in [3.05, 3.63) is 29.6 Å². The number of hydrogen-bond donors (Lipinski definition) is 0. The normalized spacial score (nSPS) is 6.22. The van der Waals surface area contributed by atoms with Crippen LogP contribution in [0.5, 0.6) is 0 Å². The summed E-state index contributed by atoms with van der Waals surface area (Å²) in [5.74, 6) is -2.96. The number of nitrogens with zero attached hydrogens (tertiary/aromatic N) is 1. The molecule has 0 aliphatic rings. The molecule has 0 fully saturated rings. The van der Waals surface area contributed by atoms with Gasteiger partial charge >= 0.3 is 23.1 Å². The monoisotopic (exact) mass is 279 g/mol. The van der Waals surface area contributed by atoms with Crippen LogP contribution in [0.15, 0.2) is 18.3 Å². The number of aromatic nitrogens is 1. The third-order valence-electron chi connectivity index (χ3n) is 1.20. The maximum atomic E-state index is 10.2. The molecule has 10 N–H and O–H groups in total. The molecular weight excluding hydrogens is 266 g/mol. The summed E-state index contributed by atoms with van der Waals surface area (Å²) in [5.41, 5.74) is -0.652. The smallest absolute Gasteiger partial charge is 0.545 e. The maximum Gasteiger partial charge on any atom is 2.00 e. The van der Waals surface area contributed by atoms with Crippen LogP contribution in [0.3, 0.4) is 0 Å². The Balaban J connectivity index is -0.0000000600. The quantitative estimate of drug-likeness (QED) is 0.476. The van der Waals surface area contributed by atoms with Crippen LogP contribution in [-0.4, -0.2) is 67.4 Å². The molecule has 0 aliphatic carbocycles. The van der Waals surface area contributed by atoms with Crippen LogP contribution >= 0.6 is 0 Å². The predicted octanol–water partition coefficient (Wildman–Crippen LogP) is -6.70. The summed E-state index contributed by atoms with van der Waals surface area (Å²) >= 11 is 0. The second-order valence-corrected chi connectivity index (χ2v) is 2.00. The van der Waals surface area contributed by atoms with E-state index in [1.54, 1.807) is 0 Å². The molecule has 0 aliphatic heterocycles. The van der Waals surface area contributed by atoms with Gasteiger partial charge in [-0.15, -0.1) is 0 Å². The molecule has 0 saturated carbocycles. The third kappa shape index (κ3) is 9.85. The molecule has 0 radical (unpaired) electrons. The van der Waals surface area contributed by atoms with Crippen LogP contribution in [0, 0.1) is 0 Å². The largest absolute Gasteiger partial charge is 2.00 e. The SMILES string of the molecule is O.O.O.O.O.O=C([O-])c1ccnc(C(=O)[O-])c1.[Mg+2]. The number of rotatable bonds is 2. The Morgan fingerprint density at radius 3 is 1.72 bits per heavy atom. The molecule has 0 bridgehead atoms. The number of carbonyl (C=O) groups is 2. The van der Waals surface area contributed by atoms with Crippen molar-refractivity contribution in [1.29, 1.82) is 0 Å². The van der Waals surface area contributed by atoms with Crippen molar-refractivity contribution in [3.63, 3.8) is 0 Å². The van der Waals surface area contributed by atoms with E-state index in [1.807, 2.05) is 0 Å². The van der Waals surface area contributed by atoms with Gasteiger partial charge in [0, 0.05) is 11.8 Å². The minimum Gasteiger partial charge on any atom is -0.545 e. The maximum absolute atomic E-state index is 10.2. The minimum atomic E-state index is -1.52. The first-order chi connectivity index (χ1) is 5.61. The molecule has 0 aromatic carbocycles. The Hall–Kier alpha value is -1.34. The first-order valence-corrected chi connectivity index (χ1v) is 3.00. The van der Waals surface area contributed by atoms with Crippen LogP contribution in [0.1, 0.15) is 20.8 Å². The van der Waals surface area contributed by atoms with E-state index < -0.39 is 17.6 Å². The molecule has 1 aromatic heterocycles. The Morgan fingerprint density at radius 1 is 0.944 bits per heavy atom. The van der Waals surface area contributed by atoms with Gasteiger partial charge in [0.2, 0.25) is 0 Å². The van der Waals surface area contributed by atoms with E-state index in [2.05, 4.69) is 4.98 Å². The standard InChI is InChI=1S/C7H5NO4.Mg.5H2O/c9-6(10)4-1-2-8-5(3-4)7(11)12;;;;;;/h1-3H,(H,9,10)(H,11,12);;5*1H2/q;+2;;;;;/p-2. The molecule has 0 atom stereocenters. The van der Waals surface area contributed by atoms with Gasteiger partial charge in [-0.3, -0.25) is 4.98 Å². The number of carboxylic acid groups (broad SMARTS) is 2. The molecule has 11 heteroatoms. The third-order valence-corrected chi connectivity index (χ3v) is 1.20. The molecule has 1 aromatic rings. The predicted molar refractivity (Wildman–Crippen MR) is 56.7 cm³/mol. The van der Waals surface area contributed by atoms with Crippen molar-refractivity contribution in [2.24, 2.45) is 0 Å². The van der Waals surface area contributed by atoms with Crippen molar-refractivity contribution in [2.75, 3.05) is 0 Å². The van der Waals surface area contributed by atoms with Crippen LogP contribution in [-0.2, 0) is 0 Å². The van der Waals surface area contributed by atoms with E-state index in [-0.39, 0.29) is 56.0 Å². The molecule has 0 saturated heterocycles. The molecule has 0 amide bonds. The van der Waals surface area contributed by atoms with Crippen LogP contribution in [0.2, 0.25) is 0 Å². The van der Waals surface area contributed by atoms with Crippen molar-refractivity contribution in [3.8, 4) is 0 Å². The van der Waals surface area contributed by atoms with Crippen molar-refractivity contribution >= 4 is 35.0 Å². The van der Waals surface area contributed by atoms with Gasteiger partial charge in [0.05, 0.1) is 17.6 Å². The van der Waals surface area contributed by atoms with Gasteiger partial charge in [-0.25, -0.2) is 0 Å². The summed E-state index contributed by atoms with van der Waals surface area (Å²) < 4.78 is 0. The van der Waals surface area contributed by atoms with E-state index in [9.17, 15) is 19.8 Å². The summed E-state index contributed by atoms with van der Waals surface area (Å²) in [6.45, 7) is 0. The number of carbonyl (C=O) groups excluding carboxylic acids is 2. The van der Waals surface area contributed by atoms with E-state index in [0.29, 0.717) is 0 Å². The zero-order chi connectivity index (χ0) is 9.14. The number of carboxylic acids is 2. The van der Waals surface area contributed by atoms with Gasteiger partial charge in [-0.05, 0) is 12.1 Å². The molecule has 1 rings (SSSR count). The molecule has 1 heterocycles. The number of hydrogen-bond acceptors (Lipinski definition) is 5. The van der Waals surface area contributed by atoms with Crippen molar-refractivity contribution in [2.45, 2.75) is 0 Å². The minimum absolute atomic E-state index is 0. The fourth-order valence-corrected chi connectivity index (χ4v) is 0.669. The Labute approximate surface area is 117 Å². The zero-order valence-corrected chi connectivity index (χ0v) is 10.4. The van der Waals surface area contributed by atoms with E-state index in [1.165, 1.54) is 0 Å². The Bertz CT molecular complexity index is 316. The Kier molecular flexibility index (Phi) is 31.3. The van der Waals surface area contributed by atoms with E-state index in [0.717, 1.165) is 18.3 Å². The first-order valence-electron chi connectivity index (χ1n) is 3.00. The fourth-order valence-electron chi connectivity index (χ4n) is 0.669. The van der Waals surface area contributed by atoms with Crippen LogP contribution < -0.4 is 10.2 Å². The zero-order valence-electron chi connectivity index (χ0n) is 9.02. The topological polar surface area (TPSA) is 251 Å². The summed E-state index contributed by atoms with van der Waals surface area (Å²) in [5, 5.41) is 20.4. The summed E-state index contributed by atoms with van der Waals surface area (Å²) in [7, 11) is 0. The summed E-state index contributed by atoms with van der Waals surface area (Å²) in [6, 6.07) is 2.02. The molecule has 18 heavy (non-hydrogen) atoms. The van der Waals surface area contributed by atoms with E-state index in [4.69, 9.17) is 0 Å². The van der Waals surface area contributed by atoms with Crippen LogP contribution in [0.25, 0.3) is 0 Å². The molecule has 10 nitrogen and oxygen atoms in total. The number of aromatic carboxylic acids is 2. The number of pyridine rings is 1. The first kappa shape index (κ1) is 36.0. The summed E-state index contributed by atoms with van der Waals surface area (Å²) in [6.07, 6.45) is 1.07. The molecule has 0 spiro atoms. The molecule has 102 valence electrons. The van der Waals surface area contributed by atoms with Gasteiger partial charge < -0.3 is 47.2 Å². The average Bonchev–Trinajstić information content (AvgIpc) is 2.04. The van der Waals surface area contributed by atoms with Gasteiger partial charge in [0.15, 0.2) is 0 Å². The van der Waals surface area contributed by atoms with Gasteiger partial charge in [-0.2, -0.15) is 0 Å². The molecular formula is C7H13MgNO9. The second-order valence-electron chi connectivity index (χ2n) is 2.00. The Morgan fingerprint density at radius 2 is 1.39 bits per heavy atom. The van der Waals surface area contributed by atoms with Gasteiger partial charge in [0.25, 0.3) is 0 Å². The van der Waals surface area contributed by atoms with Crippen LogP contribution in [0.4, 0.5) is 0 Å². The second kappa shape index (κ2) is 15.7.